The summed E-state index contributed by atoms with van der Waals surface area (Å²) >= 11 is 0. The lowest BCUT2D eigenvalue weighted by Gasteiger charge is -2.23. The van der Waals surface area contributed by atoms with E-state index in [4.69, 9.17) is 4.74 Å². The number of fused-ring (bicyclic) bond motifs is 2. The van der Waals surface area contributed by atoms with E-state index in [9.17, 15) is 18.0 Å². The highest BCUT2D eigenvalue weighted by Crippen LogP contribution is 2.36. The molecule has 26 heavy (non-hydrogen) atoms. The molecule has 0 unspecified atom stereocenters. The SMILES string of the molecule is O=C(Cc1ccc([C@H]2O[C@@H]3CN[C@H]2C3)cc1)c1ccnc(C(F)(F)F)n1. The summed E-state index contributed by atoms with van der Waals surface area (Å²) in [5, 5.41) is 3.41. The molecule has 1 N–H and O–H groups in total. The number of rotatable bonds is 4. The zero-order valence-electron chi connectivity index (χ0n) is 13.7. The second kappa shape index (κ2) is 6.44. The number of ether oxygens (including phenoxy) is 1. The summed E-state index contributed by atoms with van der Waals surface area (Å²) in [4.78, 5) is 18.7. The van der Waals surface area contributed by atoms with Crippen LogP contribution >= 0.6 is 0 Å². The molecule has 2 aliphatic heterocycles. The summed E-state index contributed by atoms with van der Waals surface area (Å²) in [5.74, 6) is -1.79. The topological polar surface area (TPSA) is 64.1 Å². The Bertz CT molecular complexity index is 823. The molecule has 5 nitrogen and oxygen atoms in total. The maximum absolute atomic E-state index is 12.7. The van der Waals surface area contributed by atoms with E-state index in [-0.39, 0.29) is 24.3 Å². The number of nitrogens with zero attached hydrogens (tertiary/aromatic N) is 2. The van der Waals surface area contributed by atoms with Gasteiger partial charge >= 0.3 is 6.18 Å². The molecule has 0 amide bonds. The minimum absolute atomic E-state index is 0.00899. The van der Waals surface area contributed by atoms with Gasteiger partial charge < -0.3 is 10.1 Å². The first-order chi connectivity index (χ1) is 12.4. The Morgan fingerprint density at radius 2 is 2.00 bits per heavy atom. The quantitative estimate of drug-likeness (QED) is 0.847. The van der Waals surface area contributed by atoms with E-state index in [1.54, 1.807) is 12.1 Å². The minimum atomic E-state index is -4.67. The van der Waals surface area contributed by atoms with E-state index in [1.807, 2.05) is 12.1 Å². The van der Waals surface area contributed by atoms with Gasteiger partial charge in [-0.1, -0.05) is 24.3 Å². The second-order valence-corrected chi connectivity index (χ2v) is 6.53. The lowest BCUT2D eigenvalue weighted by molar-refractivity contribution is -0.145. The molecule has 1 aromatic carbocycles. The third-order valence-electron chi connectivity index (χ3n) is 4.70. The average molecular weight is 363 g/mol. The van der Waals surface area contributed by atoms with Crippen molar-refractivity contribution in [3.05, 3.63) is 59.2 Å². The number of ketones is 1. The molecule has 0 saturated carbocycles. The van der Waals surface area contributed by atoms with Crippen LogP contribution in [0.3, 0.4) is 0 Å². The smallest absolute Gasteiger partial charge is 0.367 e. The molecule has 3 atom stereocenters. The first kappa shape index (κ1) is 17.1. The van der Waals surface area contributed by atoms with Gasteiger partial charge in [-0.25, -0.2) is 9.97 Å². The maximum Gasteiger partial charge on any atom is 0.451 e. The first-order valence-electron chi connectivity index (χ1n) is 8.31. The summed E-state index contributed by atoms with van der Waals surface area (Å²) < 4.78 is 43.9. The molecule has 2 fully saturated rings. The number of aromatic nitrogens is 2. The third kappa shape index (κ3) is 3.34. The fraction of sp³-hybridized carbons (Fsp3) is 0.389. The molecule has 2 aliphatic rings. The Hall–Kier alpha value is -2.32. The summed E-state index contributed by atoms with van der Waals surface area (Å²) in [7, 11) is 0. The highest BCUT2D eigenvalue weighted by molar-refractivity contribution is 5.95. The molecule has 2 bridgehead atoms. The van der Waals surface area contributed by atoms with Crippen molar-refractivity contribution in [1.82, 2.24) is 15.3 Å². The molecule has 0 spiro atoms. The van der Waals surface area contributed by atoms with Gasteiger partial charge in [0, 0.05) is 25.2 Å². The van der Waals surface area contributed by atoms with Gasteiger partial charge in [0.2, 0.25) is 5.82 Å². The number of Topliss-reactive ketones (excluding diaryl/α,β-unsaturated/α-hetero) is 1. The molecule has 0 radical (unpaired) electrons. The van der Waals surface area contributed by atoms with Crippen LogP contribution in [0.25, 0.3) is 0 Å². The van der Waals surface area contributed by atoms with Crippen molar-refractivity contribution in [2.75, 3.05) is 6.54 Å². The van der Waals surface area contributed by atoms with Crippen molar-refractivity contribution in [1.29, 1.82) is 0 Å². The van der Waals surface area contributed by atoms with E-state index < -0.39 is 17.8 Å². The Kier molecular flexibility index (Phi) is 4.24. The number of alkyl halides is 3. The van der Waals surface area contributed by atoms with Crippen LogP contribution in [-0.2, 0) is 17.3 Å². The molecule has 4 rings (SSSR count). The van der Waals surface area contributed by atoms with Gasteiger partial charge in [-0.05, 0) is 23.6 Å². The van der Waals surface area contributed by atoms with Crippen LogP contribution in [-0.4, -0.2) is 34.4 Å². The Morgan fingerprint density at radius 1 is 1.23 bits per heavy atom. The Balaban J connectivity index is 1.45. The number of hydrogen-bond acceptors (Lipinski definition) is 5. The number of carbonyl (C=O) groups is 1. The highest BCUT2D eigenvalue weighted by Gasteiger charge is 2.41. The van der Waals surface area contributed by atoms with Crippen molar-refractivity contribution in [2.24, 2.45) is 0 Å². The second-order valence-electron chi connectivity index (χ2n) is 6.53. The van der Waals surface area contributed by atoms with Gasteiger partial charge in [-0.3, -0.25) is 4.79 Å². The van der Waals surface area contributed by atoms with Crippen molar-refractivity contribution in [2.45, 2.75) is 37.3 Å². The summed E-state index contributed by atoms with van der Waals surface area (Å²) in [6, 6.07) is 8.91. The molecule has 2 saturated heterocycles. The van der Waals surface area contributed by atoms with Crippen molar-refractivity contribution < 1.29 is 22.7 Å². The van der Waals surface area contributed by atoms with Crippen LogP contribution in [0.15, 0.2) is 36.5 Å². The lowest BCUT2D eigenvalue weighted by Crippen LogP contribution is -2.33. The summed E-state index contributed by atoms with van der Waals surface area (Å²) in [6.07, 6.45) is -2.48. The van der Waals surface area contributed by atoms with Gasteiger partial charge in [-0.2, -0.15) is 13.2 Å². The van der Waals surface area contributed by atoms with Crippen molar-refractivity contribution in [3.63, 3.8) is 0 Å². The fourth-order valence-corrected chi connectivity index (χ4v) is 3.43. The van der Waals surface area contributed by atoms with Gasteiger partial charge in [0.15, 0.2) is 5.78 Å². The molecule has 8 heteroatoms. The van der Waals surface area contributed by atoms with Gasteiger partial charge in [0.05, 0.1) is 12.2 Å². The van der Waals surface area contributed by atoms with Crippen molar-refractivity contribution in [3.8, 4) is 0 Å². The standard InChI is InChI=1S/C18H16F3N3O2/c19-18(20,21)17-22-6-5-13(24-17)15(25)7-10-1-3-11(4-2-10)16-14-8-12(26-16)9-23-14/h1-6,12,14,16,23H,7-9H2/t12-,14-,16+/m0/s1. The van der Waals surface area contributed by atoms with E-state index >= 15 is 0 Å². The molecule has 3 heterocycles. The van der Waals surface area contributed by atoms with Crippen LogP contribution in [0.5, 0.6) is 0 Å². The van der Waals surface area contributed by atoms with E-state index in [0.29, 0.717) is 11.6 Å². The van der Waals surface area contributed by atoms with Crippen LogP contribution in [0, 0.1) is 0 Å². The number of nitrogens with one attached hydrogen (secondary N) is 1. The van der Waals surface area contributed by atoms with E-state index in [1.165, 1.54) is 6.07 Å². The predicted molar refractivity (Wildman–Crippen MR) is 85.5 cm³/mol. The molecular formula is C18H16F3N3O2. The van der Waals surface area contributed by atoms with E-state index in [2.05, 4.69) is 15.3 Å². The van der Waals surface area contributed by atoms with Gasteiger partial charge in [0.25, 0.3) is 0 Å². The van der Waals surface area contributed by atoms with Gasteiger partial charge in [0.1, 0.15) is 5.69 Å². The van der Waals surface area contributed by atoms with Crippen LogP contribution < -0.4 is 5.32 Å². The zero-order chi connectivity index (χ0) is 18.3. The number of carbonyl (C=O) groups excluding carboxylic acids is 1. The monoisotopic (exact) mass is 363 g/mol. The van der Waals surface area contributed by atoms with Crippen LogP contribution in [0.1, 0.15) is 40.0 Å². The fourth-order valence-electron chi connectivity index (χ4n) is 3.43. The highest BCUT2D eigenvalue weighted by atomic mass is 19.4. The molecule has 1 aromatic heterocycles. The van der Waals surface area contributed by atoms with E-state index in [0.717, 1.165) is 24.7 Å². The molecule has 0 aliphatic carbocycles. The number of hydrogen-bond donors (Lipinski definition) is 1. The predicted octanol–water partition coefficient (Wildman–Crippen LogP) is 2.72. The van der Waals surface area contributed by atoms with Gasteiger partial charge in [-0.15, -0.1) is 0 Å². The third-order valence-corrected chi connectivity index (χ3v) is 4.70. The number of benzene rings is 1. The minimum Gasteiger partial charge on any atom is -0.367 e. The molecule has 136 valence electrons. The molecular weight excluding hydrogens is 347 g/mol. The normalized spacial score (nSPS) is 24.8. The number of morpholine rings is 1. The first-order valence-corrected chi connectivity index (χ1v) is 8.31. The van der Waals surface area contributed by atoms with Crippen LogP contribution in [0.4, 0.5) is 13.2 Å². The Morgan fingerprint density at radius 3 is 2.62 bits per heavy atom. The largest absolute Gasteiger partial charge is 0.451 e. The average Bonchev–Trinajstić information content (AvgIpc) is 3.25. The zero-order valence-corrected chi connectivity index (χ0v) is 13.7. The van der Waals surface area contributed by atoms with Crippen LogP contribution in [0.2, 0.25) is 0 Å². The molecule has 2 aromatic rings. The Labute approximate surface area is 147 Å². The number of halogens is 3. The summed E-state index contributed by atoms with van der Waals surface area (Å²) in [5.41, 5.74) is 1.50. The van der Waals surface area contributed by atoms with Crippen molar-refractivity contribution >= 4 is 5.78 Å². The lowest BCUT2D eigenvalue weighted by atomic mass is 9.99. The maximum atomic E-state index is 12.7. The summed E-state index contributed by atoms with van der Waals surface area (Å²) in [6.45, 7) is 0.882.